The summed E-state index contributed by atoms with van der Waals surface area (Å²) in [6, 6.07) is 9.60. The minimum atomic E-state index is 0.143. The number of rotatable bonds is 3. The predicted octanol–water partition coefficient (Wildman–Crippen LogP) is 2.16. The quantitative estimate of drug-likeness (QED) is 0.797. The normalized spacial score (nSPS) is 17.9. The minimum Gasteiger partial charge on any atom is -0.437 e. The highest BCUT2D eigenvalue weighted by Gasteiger charge is 2.25. The molecule has 1 aromatic carbocycles. The number of hydrogen-bond acceptors (Lipinski definition) is 6. The van der Waals surface area contributed by atoms with Gasteiger partial charge >= 0.3 is 0 Å². The van der Waals surface area contributed by atoms with Crippen molar-refractivity contribution in [1.82, 2.24) is 19.7 Å². The number of ether oxygens (including phenoxy) is 2. The van der Waals surface area contributed by atoms with Gasteiger partial charge in [0, 0.05) is 6.61 Å². The second-order valence-corrected chi connectivity index (χ2v) is 5.14. The molecule has 1 aliphatic rings. The fraction of sp³-hybridized carbons (Fsp3) is 0.267. The van der Waals surface area contributed by atoms with E-state index in [0.717, 1.165) is 13.0 Å². The first-order chi connectivity index (χ1) is 10.8. The van der Waals surface area contributed by atoms with Crippen LogP contribution in [0.1, 0.15) is 12.5 Å². The van der Waals surface area contributed by atoms with Crippen molar-refractivity contribution in [3.8, 4) is 11.6 Å². The van der Waals surface area contributed by atoms with Gasteiger partial charge in [-0.15, -0.1) is 5.10 Å². The van der Waals surface area contributed by atoms with E-state index in [2.05, 4.69) is 15.1 Å². The van der Waals surface area contributed by atoms with Crippen molar-refractivity contribution in [2.45, 2.75) is 12.5 Å². The van der Waals surface area contributed by atoms with E-state index in [4.69, 9.17) is 15.2 Å². The number of nitrogens with zero attached hydrogens (tertiary/aromatic N) is 4. The molecular weight excluding hydrogens is 282 g/mol. The Balaban J connectivity index is 1.83. The lowest BCUT2D eigenvalue weighted by molar-refractivity contribution is 0.185. The average Bonchev–Trinajstić information content (AvgIpc) is 3.17. The Bertz CT molecular complexity index is 796. The second kappa shape index (κ2) is 5.27. The maximum atomic E-state index is 6.01. The molecule has 7 heteroatoms. The Labute approximate surface area is 126 Å². The molecule has 7 nitrogen and oxygen atoms in total. The van der Waals surface area contributed by atoms with Crippen LogP contribution in [0, 0.1) is 0 Å². The van der Waals surface area contributed by atoms with Gasteiger partial charge in [-0.2, -0.15) is 0 Å². The third-order valence-electron chi connectivity index (χ3n) is 3.70. The Morgan fingerprint density at radius 2 is 2.09 bits per heavy atom. The first-order valence-electron chi connectivity index (χ1n) is 7.12. The molecule has 0 amide bonds. The van der Waals surface area contributed by atoms with Gasteiger partial charge in [0.25, 0.3) is 5.88 Å². The van der Waals surface area contributed by atoms with E-state index < -0.39 is 0 Å². The van der Waals surface area contributed by atoms with Gasteiger partial charge in [-0.1, -0.05) is 18.2 Å². The summed E-state index contributed by atoms with van der Waals surface area (Å²) in [5, 5.41) is 5.20. The summed E-state index contributed by atoms with van der Waals surface area (Å²) >= 11 is 0. The smallest absolute Gasteiger partial charge is 0.251 e. The average molecular weight is 297 g/mol. The monoisotopic (exact) mass is 297 g/mol. The van der Waals surface area contributed by atoms with Crippen LogP contribution in [0.25, 0.3) is 11.0 Å². The molecule has 3 heterocycles. The van der Waals surface area contributed by atoms with Gasteiger partial charge in [0.1, 0.15) is 23.3 Å². The van der Waals surface area contributed by atoms with E-state index in [9.17, 15) is 0 Å². The summed E-state index contributed by atoms with van der Waals surface area (Å²) in [4.78, 5) is 8.37. The number of para-hydroxylation sites is 1. The first kappa shape index (κ1) is 13.0. The van der Waals surface area contributed by atoms with Gasteiger partial charge in [-0.05, 0) is 18.6 Å². The minimum absolute atomic E-state index is 0.143. The largest absolute Gasteiger partial charge is 0.437 e. The summed E-state index contributed by atoms with van der Waals surface area (Å²) in [7, 11) is 0. The van der Waals surface area contributed by atoms with Crippen molar-refractivity contribution in [3.05, 3.63) is 36.7 Å². The number of aromatic nitrogens is 4. The lowest BCUT2D eigenvalue weighted by Gasteiger charge is -2.08. The number of anilines is 1. The van der Waals surface area contributed by atoms with Gasteiger partial charge in [-0.3, -0.25) is 0 Å². The van der Waals surface area contributed by atoms with Gasteiger partial charge in [0.15, 0.2) is 5.65 Å². The van der Waals surface area contributed by atoms with Crippen LogP contribution in [-0.2, 0) is 4.74 Å². The van der Waals surface area contributed by atoms with Crippen LogP contribution in [0.15, 0.2) is 36.7 Å². The van der Waals surface area contributed by atoms with E-state index in [0.29, 0.717) is 35.1 Å². The first-order valence-corrected chi connectivity index (χ1v) is 7.12. The molecule has 1 unspecified atom stereocenters. The molecule has 0 bridgehead atoms. The highest BCUT2D eigenvalue weighted by atomic mass is 16.5. The van der Waals surface area contributed by atoms with Crippen LogP contribution < -0.4 is 10.5 Å². The Hall–Kier alpha value is -2.67. The molecule has 3 aromatic rings. The molecule has 4 rings (SSSR count). The lowest BCUT2D eigenvalue weighted by atomic mass is 10.2. The number of nitrogen functional groups attached to an aromatic ring is 1. The van der Waals surface area contributed by atoms with Crippen LogP contribution in [0.4, 0.5) is 5.82 Å². The van der Waals surface area contributed by atoms with Crippen molar-refractivity contribution in [2.75, 3.05) is 18.9 Å². The van der Waals surface area contributed by atoms with E-state index in [1.54, 1.807) is 0 Å². The summed E-state index contributed by atoms with van der Waals surface area (Å²) in [6.45, 7) is 1.34. The number of hydrogen-bond donors (Lipinski definition) is 1. The molecule has 2 N–H and O–H groups in total. The van der Waals surface area contributed by atoms with Crippen LogP contribution >= 0.6 is 0 Å². The Morgan fingerprint density at radius 3 is 2.86 bits per heavy atom. The summed E-state index contributed by atoms with van der Waals surface area (Å²) in [5.41, 5.74) is 6.68. The molecule has 1 fully saturated rings. The highest BCUT2D eigenvalue weighted by Crippen LogP contribution is 2.34. The summed E-state index contributed by atoms with van der Waals surface area (Å²) in [6.07, 6.45) is 2.34. The van der Waals surface area contributed by atoms with Crippen molar-refractivity contribution in [2.24, 2.45) is 0 Å². The summed E-state index contributed by atoms with van der Waals surface area (Å²) in [5.74, 6) is 1.48. The van der Waals surface area contributed by atoms with Gasteiger partial charge in [0.05, 0.1) is 12.6 Å². The molecule has 0 aliphatic carbocycles. The van der Waals surface area contributed by atoms with Crippen molar-refractivity contribution < 1.29 is 9.47 Å². The molecule has 2 aromatic heterocycles. The number of fused-ring (bicyclic) bond motifs is 1. The maximum absolute atomic E-state index is 6.01. The molecule has 0 saturated carbocycles. The van der Waals surface area contributed by atoms with E-state index in [-0.39, 0.29) is 6.04 Å². The molecule has 22 heavy (non-hydrogen) atoms. The van der Waals surface area contributed by atoms with Gasteiger partial charge in [0.2, 0.25) is 0 Å². The maximum Gasteiger partial charge on any atom is 0.251 e. The third kappa shape index (κ3) is 2.15. The lowest BCUT2D eigenvalue weighted by Crippen LogP contribution is -2.11. The Morgan fingerprint density at radius 1 is 1.23 bits per heavy atom. The molecule has 0 radical (unpaired) electrons. The van der Waals surface area contributed by atoms with Gasteiger partial charge in [-0.25, -0.2) is 14.6 Å². The van der Waals surface area contributed by atoms with Crippen LogP contribution in [0.2, 0.25) is 0 Å². The molecule has 1 atom stereocenters. The molecule has 1 aliphatic heterocycles. The van der Waals surface area contributed by atoms with Crippen LogP contribution in [0.5, 0.6) is 11.6 Å². The van der Waals surface area contributed by atoms with Crippen molar-refractivity contribution in [1.29, 1.82) is 0 Å². The standard InChI is InChI=1S/C15H15N5O2/c16-13-12-14(18-9-17-13)20(10-6-7-21-8-10)19-15(12)22-11-4-2-1-3-5-11/h1-5,9-10H,6-8H2,(H2,16,17,18). The van der Waals surface area contributed by atoms with Crippen molar-refractivity contribution >= 4 is 16.9 Å². The van der Waals surface area contributed by atoms with Crippen LogP contribution in [0.3, 0.4) is 0 Å². The highest BCUT2D eigenvalue weighted by molar-refractivity contribution is 5.90. The van der Waals surface area contributed by atoms with Crippen LogP contribution in [-0.4, -0.2) is 33.0 Å². The molecule has 1 saturated heterocycles. The molecular formula is C15H15N5O2. The summed E-state index contributed by atoms with van der Waals surface area (Å²) < 4.78 is 13.2. The third-order valence-corrected chi connectivity index (χ3v) is 3.70. The zero-order valence-electron chi connectivity index (χ0n) is 11.8. The molecule has 0 spiro atoms. The van der Waals surface area contributed by atoms with E-state index in [1.165, 1.54) is 6.33 Å². The molecule has 112 valence electrons. The van der Waals surface area contributed by atoms with E-state index in [1.807, 2.05) is 35.0 Å². The zero-order chi connectivity index (χ0) is 14.9. The van der Waals surface area contributed by atoms with Gasteiger partial charge < -0.3 is 15.2 Å². The fourth-order valence-corrected chi connectivity index (χ4v) is 2.60. The fourth-order valence-electron chi connectivity index (χ4n) is 2.60. The SMILES string of the molecule is Nc1ncnc2c1c(Oc1ccccc1)nn2C1CCOC1. The zero-order valence-corrected chi connectivity index (χ0v) is 11.8. The van der Waals surface area contributed by atoms with E-state index >= 15 is 0 Å². The predicted molar refractivity (Wildman–Crippen MR) is 80.7 cm³/mol. The number of nitrogens with two attached hydrogens (primary N) is 1. The second-order valence-electron chi connectivity index (χ2n) is 5.14. The topological polar surface area (TPSA) is 88.1 Å². The number of benzene rings is 1. The Kier molecular flexibility index (Phi) is 3.12. The van der Waals surface area contributed by atoms with Crippen molar-refractivity contribution in [3.63, 3.8) is 0 Å².